The van der Waals surface area contributed by atoms with E-state index in [0.29, 0.717) is 48.6 Å². The zero-order valence-corrected chi connectivity index (χ0v) is 16.7. The molecule has 150 valence electrons. The zero-order valence-electron chi connectivity index (χ0n) is 15.9. The van der Waals surface area contributed by atoms with Crippen LogP contribution in [0.2, 0.25) is 0 Å². The number of rotatable bonds is 6. The second-order valence-electron chi connectivity index (χ2n) is 6.74. The van der Waals surface area contributed by atoms with Crippen LogP contribution in [0.4, 0.5) is 11.6 Å². The molecule has 9 heteroatoms. The topological polar surface area (TPSA) is 115 Å². The molecule has 1 fully saturated rings. The maximum atomic E-state index is 12.8. The highest BCUT2D eigenvalue weighted by Gasteiger charge is 2.25. The van der Waals surface area contributed by atoms with Crippen molar-refractivity contribution in [2.24, 2.45) is 0 Å². The van der Waals surface area contributed by atoms with E-state index >= 15 is 0 Å². The predicted molar refractivity (Wildman–Crippen MR) is 108 cm³/mol. The first-order valence-corrected chi connectivity index (χ1v) is 10.8. The van der Waals surface area contributed by atoms with Crippen molar-refractivity contribution >= 4 is 27.4 Å². The Bertz CT molecular complexity index is 970. The number of piperidine rings is 1. The zero-order chi connectivity index (χ0) is 20.3. The van der Waals surface area contributed by atoms with Crippen molar-refractivity contribution in [3.63, 3.8) is 0 Å². The van der Waals surface area contributed by atoms with Gasteiger partial charge in [-0.3, -0.25) is 4.79 Å². The van der Waals surface area contributed by atoms with Crippen molar-refractivity contribution in [1.29, 1.82) is 0 Å². The van der Waals surface area contributed by atoms with Crippen LogP contribution in [0.25, 0.3) is 0 Å². The molecule has 0 bridgehead atoms. The summed E-state index contributed by atoms with van der Waals surface area (Å²) < 4.78 is 29.9. The molecule has 2 heterocycles. The van der Waals surface area contributed by atoms with Crippen molar-refractivity contribution in [2.75, 3.05) is 37.5 Å². The average Bonchev–Trinajstić information content (AvgIpc) is 2.67. The van der Waals surface area contributed by atoms with Crippen LogP contribution in [-0.2, 0) is 10.0 Å². The Morgan fingerprint density at radius 3 is 2.46 bits per heavy atom. The molecule has 0 saturated carbocycles. The van der Waals surface area contributed by atoms with Crippen molar-refractivity contribution in [3.8, 4) is 5.75 Å². The predicted octanol–water partition coefficient (Wildman–Crippen LogP) is 1.74. The number of nitrogen functional groups attached to an aromatic ring is 1. The number of sulfonamides is 1. The lowest BCUT2D eigenvalue weighted by Crippen LogP contribution is -2.41. The summed E-state index contributed by atoms with van der Waals surface area (Å²) in [6.45, 7) is 0.937. The van der Waals surface area contributed by atoms with Crippen LogP contribution < -0.4 is 15.8 Å². The molecule has 1 aliphatic heterocycles. The second-order valence-corrected chi connectivity index (χ2v) is 8.72. The molecular weight excluding hydrogens is 380 g/mol. The quantitative estimate of drug-likeness (QED) is 0.705. The summed E-state index contributed by atoms with van der Waals surface area (Å²) in [5.41, 5.74) is 6.77. The highest BCUT2D eigenvalue weighted by molar-refractivity contribution is 7.88. The molecule has 1 aromatic carbocycles. The van der Waals surface area contributed by atoms with E-state index in [2.05, 4.69) is 10.3 Å². The van der Waals surface area contributed by atoms with Gasteiger partial charge in [-0.05, 0) is 37.1 Å². The number of para-hydroxylation sites is 1. The normalized spacial score (nSPS) is 15.9. The van der Waals surface area contributed by atoms with Gasteiger partial charge in [-0.15, -0.1) is 0 Å². The van der Waals surface area contributed by atoms with Crippen LogP contribution in [0, 0.1) is 0 Å². The minimum atomic E-state index is -3.15. The molecule has 28 heavy (non-hydrogen) atoms. The molecule has 0 unspecified atom stereocenters. The van der Waals surface area contributed by atoms with Gasteiger partial charge in [-0.2, -0.15) is 0 Å². The molecule has 0 atom stereocenters. The van der Waals surface area contributed by atoms with E-state index in [9.17, 15) is 13.2 Å². The van der Waals surface area contributed by atoms with E-state index in [-0.39, 0.29) is 17.6 Å². The van der Waals surface area contributed by atoms with Crippen LogP contribution in [0.5, 0.6) is 5.75 Å². The number of anilines is 2. The number of ketones is 1. The summed E-state index contributed by atoms with van der Waals surface area (Å²) in [4.78, 5) is 17.1. The number of nitrogens with two attached hydrogens (primary N) is 1. The fourth-order valence-electron chi connectivity index (χ4n) is 3.27. The van der Waals surface area contributed by atoms with Crippen molar-refractivity contribution in [3.05, 3.63) is 47.5 Å². The fourth-order valence-corrected chi connectivity index (χ4v) is 4.14. The smallest absolute Gasteiger partial charge is 0.211 e. The average molecular weight is 404 g/mol. The van der Waals surface area contributed by atoms with Gasteiger partial charge in [0.05, 0.1) is 24.5 Å². The summed E-state index contributed by atoms with van der Waals surface area (Å²) in [7, 11) is -1.64. The van der Waals surface area contributed by atoms with Gasteiger partial charge in [0.25, 0.3) is 0 Å². The molecule has 8 nitrogen and oxygen atoms in total. The minimum Gasteiger partial charge on any atom is -0.496 e. The Morgan fingerprint density at radius 2 is 1.86 bits per heavy atom. The van der Waals surface area contributed by atoms with E-state index in [1.807, 2.05) is 0 Å². The number of pyridine rings is 1. The Labute approximate surface area is 164 Å². The maximum absolute atomic E-state index is 12.8. The van der Waals surface area contributed by atoms with Gasteiger partial charge >= 0.3 is 0 Å². The van der Waals surface area contributed by atoms with Gasteiger partial charge in [-0.1, -0.05) is 12.1 Å². The Morgan fingerprint density at radius 1 is 1.18 bits per heavy atom. The summed E-state index contributed by atoms with van der Waals surface area (Å²) in [5, 5.41) is 3.27. The number of aromatic nitrogens is 1. The second kappa shape index (κ2) is 8.15. The van der Waals surface area contributed by atoms with Crippen molar-refractivity contribution < 1.29 is 17.9 Å². The number of nitrogens with one attached hydrogen (secondary N) is 1. The highest BCUT2D eigenvalue weighted by Crippen LogP contribution is 2.25. The third kappa shape index (κ3) is 4.42. The molecular formula is C19H24N4O4S. The minimum absolute atomic E-state index is 0.0978. The molecule has 0 amide bonds. The van der Waals surface area contributed by atoms with E-state index < -0.39 is 10.0 Å². The van der Waals surface area contributed by atoms with Gasteiger partial charge in [-0.25, -0.2) is 17.7 Å². The first-order valence-electron chi connectivity index (χ1n) is 8.95. The van der Waals surface area contributed by atoms with E-state index in [0.717, 1.165) is 0 Å². The van der Waals surface area contributed by atoms with E-state index in [4.69, 9.17) is 10.5 Å². The molecule has 0 radical (unpaired) electrons. The number of benzene rings is 1. The molecule has 3 N–H and O–H groups in total. The lowest BCUT2D eigenvalue weighted by molar-refractivity contribution is 0.103. The van der Waals surface area contributed by atoms with Gasteiger partial charge in [0.2, 0.25) is 10.0 Å². The van der Waals surface area contributed by atoms with E-state index in [1.165, 1.54) is 17.7 Å². The van der Waals surface area contributed by atoms with Crippen molar-refractivity contribution in [2.45, 2.75) is 18.9 Å². The van der Waals surface area contributed by atoms with Crippen LogP contribution in [0.1, 0.15) is 28.8 Å². The first kappa shape index (κ1) is 20.1. The monoisotopic (exact) mass is 404 g/mol. The number of nitrogens with zero attached hydrogens (tertiary/aromatic N) is 2. The SMILES string of the molecule is COc1ccccc1C(=O)c1ccc(NC2CCN(S(C)(=O)=O)CC2)nc1N. The van der Waals surface area contributed by atoms with E-state index in [1.54, 1.807) is 36.4 Å². The number of hydrogen-bond acceptors (Lipinski definition) is 7. The standard InChI is InChI=1S/C19H24N4O4S/c1-27-16-6-4-3-5-14(16)18(24)15-7-8-17(22-19(15)20)21-13-9-11-23(12-10-13)28(2,25)26/h3-8,13H,9-12H2,1-2H3,(H3,20,21,22). The molecule has 1 aliphatic rings. The van der Waals surface area contributed by atoms with Crippen LogP contribution in [0.3, 0.4) is 0 Å². The molecule has 3 rings (SSSR count). The van der Waals surface area contributed by atoms with Gasteiger partial charge in [0, 0.05) is 19.1 Å². The lowest BCUT2D eigenvalue weighted by Gasteiger charge is -2.31. The van der Waals surface area contributed by atoms with Gasteiger partial charge in [0.15, 0.2) is 5.78 Å². The molecule has 1 saturated heterocycles. The highest BCUT2D eigenvalue weighted by atomic mass is 32.2. The first-order chi connectivity index (χ1) is 13.3. The molecule has 2 aromatic rings. The van der Waals surface area contributed by atoms with Crippen molar-refractivity contribution in [1.82, 2.24) is 9.29 Å². The van der Waals surface area contributed by atoms with Gasteiger partial charge in [0.1, 0.15) is 17.4 Å². The summed E-state index contributed by atoms with van der Waals surface area (Å²) >= 11 is 0. The molecule has 1 aromatic heterocycles. The Balaban J connectivity index is 1.70. The third-order valence-corrected chi connectivity index (χ3v) is 6.10. The molecule has 0 aliphatic carbocycles. The number of carbonyl (C=O) groups is 1. The third-order valence-electron chi connectivity index (χ3n) is 4.80. The lowest BCUT2D eigenvalue weighted by atomic mass is 10.0. The summed E-state index contributed by atoms with van der Waals surface area (Å²) in [6, 6.07) is 10.4. The number of methoxy groups -OCH3 is 1. The van der Waals surface area contributed by atoms with Crippen LogP contribution in [-0.4, -0.2) is 56.0 Å². The molecule has 0 spiro atoms. The number of carbonyl (C=O) groups excluding carboxylic acids is 1. The van der Waals surface area contributed by atoms with Gasteiger partial charge < -0.3 is 15.8 Å². The maximum Gasteiger partial charge on any atom is 0.211 e. The summed E-state index contributed by atoms with van der Waals surface area (Å²) in [5.74, 6) is 0.920. The number of ether oxygens (including phenoxy) is 1. The van der Waals surface area contributed by atoms with Crippen LogP contribution >= 0.6 is 0 Å². The Kier molecular flexibility index (Phi) is 5.85. The number of hydrogen-bond donors (Lipinski definition) is 2. The summed E-state index contributed by atoms with van der Waals surface area (Å²) in [6.07, 6.45) is 2.58. The fraction of sp³-hybridized carbons (Fsp3) is 0.368. The van der Waals surface area contributed by atoms with Crippen LogP contribution in [0.15, 0.2) is 36.4 Å². The Hall–Kier alpha value is -2.65. The largest absolute Gasteiger partial charge is 0.496 e.